The van der Waals surface area contributed by atoms with E-state index in [4.69, 9.17) is 11.6 Å². The van der Waals surface area contributed by atoms with Crippen molar-refractivity contribution < 1.29 is 13.2 Å². The minimum Gasteiger partial charge on any atom is -0.348 e. The van der Waals surface area contributed by atoms with Crippen molar-refractivity contribution in [1.29, 1.82) is 0 Å². The van der Waals surface area contributed by atoms with E-state index in [1.165, 1.54) is 31.3 Å². The molecular formula is C18H21ClN2O3S2. The topological polar surface area (TPSA) is 66.5 Å². The minimum atomic E-state index is -3.75. The minimum absolute atomic E-state index is 0.0953. The van der Waals surface area contributed by atoms with Gasteiger partial charge in [-0.05, 0) is 55.1 Å². The molecule has 0 bridgehead atoms. The van der Waals surface area contributed by atoms with Crippen molar-refractivity contribution in [3.63, 3.8) is 0 Å². The largest absolute Gasteiger partial charge is 0.348 e. The summed E-state index contributed by atoms with van der Waals surface area (Å²) in [7, 11) is -2.37. The number of hydrogen-bond acceptors (Lipinski definition) is 4. The summed E-state index contributed by atoms with van der Waals surface area (Å²) in [6.07, 6.45) is 2.00. The van der Waals surface area contributed by atoms with Crippen molar-refractivity contribution >= 4 is 39.3 Å². The van der Waals surface area contributed by atoms with E-state index in [9.17, 15) is 13.2 Å². The van der Waals surface area contributed by atoms with E-state index in [1.807, 2.05) is 37.4 Å². The number of thioether (sulfide) groups is 1. The highest BCUT2D eigenvalue weighted by atomic mass is 35.5. The van der Waals surface area contributed by atoms with Crippen LogP contribution in [0.5, 0.6) is 0 Å². The Labute approximate surface area is 163 Å². The summed E-state index contributed by atoms with van der Waals surface area (Å²) in [6, 6.07) is 13.5. The first-order valence-electron chi connectivity index (χ1n) is 7.89. The highest BCUT2D eigenvalue weighted by Crippen LogP contribution is 2.20. The van der Waals surface area contributed by atoms with Crippen LogP contribution in [0.1, 0.15) is 18.5 Å². The molecule has 1 atom stereocenters. The summed E-state index contributed by atoms with van der Waals surface area (Å²) >= 11 is 7.43. The summed E-state index contributed by atoms with van der Waals surface area (Å²) in [5.41, 5.74) is 0.958. The molecule has 0 saturated carbocycles. The van der Waals surface area contributed by atoms with E-state index in [0.717, 1.165) is 14.8 Å². The monoisotopic (exact) mass is 412 g/mol. The second-order valence-electron chi connectivity index (χ2n) is 5.78. The van der Waals surface area contributed by atoms with E-state index in [1.54, 1.807) is 11.8 Å². The molecule has 8 heteroatoms. The van der Waals surface area contributed by atoms with Gasteiger partial charge in [0.15, 0.2) is 0 Å². The van der Waals surface area contributed by atoms with Crippen LogP contribution in [0.25, 0.3) is 0 Å². The lowest BCUT2D eigenvalue weighted by molar-refractivity contribution is -0.121. The van der Waals surface area contributed by atoms with E-state index >= 15 is 0 Å². The summed E-state index contributed by atoms with van der Waals surface area (Å²) in [4.78, 5) is 13.5. The Hall–Kier alpha value is -1.54. The van der Waals surface area contributed by atoms with Crippen LogP contribution in [0.4, 0.5) is 0 Å². The van der Waals surface area contributed by atoms with Gasteiger partial charge in [0, 0.05) is 17.0 Å². The summed E-state index contributed by atoms with van der Waals surface area (Å²) in [5.74, 6) is -0.369. The third-order valence-corrected chi connectivity index (χ3v) is 6.69. The van der Waals surface area contributed by atoms with Crippen molar-refractivity contribution in [2.75, 3.05) is 19.8 Å². The highest BCUT2D eigenvalue weighted by Gasteiger charge is 2.23. The fraction of sp³-hybridized carbons (Fsp3) is 0.278. The number of benzene rings is 2. The lowest BCUT2D eigenvalue weighted by Crippen LogP contribution is -2.39. The number of rotatable bonds is 7. The number of carbonyl (C=O) groups excluding carboxylic acids is 1. The number of sulfonamides is 1. The van der Waals surface area contributed by atoms with Gasteiger partial charge in [-0.1, -0.05) is 23.7 Å². The van der Waals surface area contributed by atoms with Crippen molar-refractivity contribution in [3.05, 3.63) is 59.1 Å². The number of nitrogens with one attached hydrogen (secondary N) is 1. The Bertz CT molecular complexity index is 853. The van der Waals surface area contributed by atoms with Gasteiger partial charge in [0.05, 0.1) is 17.5 Å². The molecule has 0 saturated heterocycles. The summed E-state index contributed by atoms with van der Waals surface area (Å²) in [5, 5.41) is 3.27. The molecule has 1 amide bonds. The molecular weight excluding hydrogens is 392 g/mol. The standard InChI is InChI=1S/C18H21ClN2O3S2/c1-13(14-4-8-16(25-3)9-5-14)20-18(22)12-21(2)26(23,24)17-10-6-15(19)7-11-17/h4-11,13H,12H2,1-3H3,(H,20,22)/t13-/m0/s1. The van der Waals surface area contributed by atoms with Gasteiger partial charge < -0.3 is 5.32 Å². The quantitative estimate of drug-likeness (QED) is 0.706. The number of amides is 1. The maximum atomic E-state index is 12.5. The van der Waals surface area contributed by atoms with Crippen LogP contribution in [0, 0.1) is 0 Å². The third-order valence-electron chi connectivity index (χ3n) is 3.88. The van der Waals surface area contributed by atoms with Gasteiger partial charge in [-0.3, -0.25) is 4.79 Å². The third kappa shape index (κ3) is 5.23. The highest BCUT2D eigenvalue weighted by molar-refractivity contribution is 7.98. The molecule has 0 aliphatic carbocycles. The second-order valence-corrected chi connectivity index (χ2v) is 9.14. The van der Waals surface area contributed by atoms with E-state index < -0.39 is 10.0 Å². The molecule has 2 aromatic rings. The average Bonchev–Trinajstić information content (AvgIpc) is 2.61. The molecule has 0 radical (unpaired) electrons. The van der Waals surface area contributed by atoms with Gasteiger partial charge in [0.1, 0.15) is 0 Å². The van der Waals surface area contributed by atoms with Gasteiger partial charge in [-0.2, -0.15) is 4.31 Å². The zero-order valence-electron chi connectivity index (χ0n) is 14.8. The molecule has 0 heterocycles. The first-order valence-corrected chi connectivity index (χ1v) is 10.9. The van der Waals surface area contributed by atoms with Crippen LogP contribution < -0.4 is 5.32 Å². The lowest BCUT2D eigenvalue weighted by atomic mass is 10.1. The van der Waals surface area contributed by atoms with Crippen LogP contribution in [-0.2, 0) is 14.8 Å². The molecule has 2 rings (SSSR count). The van der Waals surface area contributed by atoms with Crippen LogP contribution in [-0.4, -0.2) is 38.5 Å². The van der Waals surface area contributed by atoms with Crippen LogP contribution in [0.3, 0.4) is 0 Å². The van der Waals surface area contributed by atoms with Crippen LogP contribution >= 0.6 is 23.4 Å². The number of nitrogens with zero attached hydrogens (tertiary/aromatic N) is 1. The summed E-state index contributed by atoms with van der Waals surface area (Å²) < 4.78 is 26.0. The molecule has 0 aliphatic rings. The molecule has 26 heavy (non-hydrogen) atoms. The molecule has 0 unspecified atom stereocenters. The molecule has 5 nitrogen and oxygen atoms in total. The van der Waals surface area contributed by atoms with Gasteiger partial charge in [0.2, 0.25) is 15.9 Å². The maximum absolute atomic E-state index is 12.5. The first kappa shape index (κ1) is 20.8. The van der Waals surface area contributed by atoms with Gasteiger partial charge >= 0.3 is 0 Å². The van der Waals surface area contributed by atoms with Crippen molar-refractivity contribution in [1.82, 2.24) is 9.62 Å². The molecule has 140 valence electrons. The second kappa shape index (κ2) is 8.90. The fourth-order valence-corrected chi connectivity index (χ4v) is 4.00. The Morgan fingerprint density at radius 2 is 1.73 bits per heavy atom. The maximum Gasteiger partial charge on any atom is 0.243 e. The van der Waals surface area contributed by atoms with Gasteiger partial charge in [-0.15, -0.1) is 11.8 Å². The average molecular weight is 413 g/mol. The Kier molecular flexibility index (Phi) is 7.11. The summed E-state index contributed by atoms with van der Waals surface area (Å²) in [6.45, 7) is 1.60. The molecule has 1 N–H and O–H groups in total. The lowest BCUT2D eigenvalue weighted by Gasteiger charge is -2.19. The Morgan fingerprint density at radius 3 is 2.27 bits per heavy atom. The number of hydrogen-bond donors (Lipinski definition) is 1. The molecule has 0 aromatic heterocycles. The molecule has 0 fully saturated rings. The van der Waals surface area contributed by atoms with Crippen molar-refractivity contribution in [3.8, 4) is 0 Å². The van der Waals surface area contributed by atoms with Gasteiger partial charge in [0.25, 0.3) is 0 Å². The normalized spacial score (nSPS) is 12.8. The van der Waals surface area contributed by atoms with Crippen molar-refractivity contribution in [2.24, 2.45) is 0 Å². The number of halogens is 1. The smallest absolute Gasteiger partial charge is 0.243 e. The zero-order chi connectivity index (χ0) is 19.3. The van der Waals surface area contributed by atoms with Crippen LogP contribution in [0.15, 0.2) is 58.3 Å². The number of likely N-dealkylation sites (N-methyl/N-ethyl adjacent to an activating group) is 1. The predicted molar refractivity (Wildman–Crippen MR) is 106 cm³/mol. The molecule has 0 spiro atoms. The zero-order valence-corrected chi connectivity index (χ0v) is 17.2. The van der Waals surface area contributed by atoms with Crippen LogP contribution in [0.2, 0.25) is 5.02 Å². The Morgan fingerprint density at radius 1 is 1.15 bits per heavy atom. The van der Waals surface area contributed by atoms with E-state index in [2.05, 4.69) is 5.32 Å². The SMILES string of the molecule is CSc1ccc([C@H](C)NC(=O)CN(C)S(=O)(=O)c2ccc(Cl)cc2)cc1. The van der Waals surface area contributed by atoms with Crippen molar-refractivity contribution in [2.45, 2.75) is 22.8 Å². The Balaban J connectivity index is 2.00. The molecule has 0 aliphatic heterocycles. The van der Waals surface area contributed by atoms with Gasteiger partial charge in [-0.25, -0.2) is 8.42 Å². The number of carbonyl (C=O) groups is 1. The van der Waals surface area contributed by atoms with E-state index in [0.29, 0.717) is 5.02 Å². The predicted octanol–water partition coefficient (Wildman–Crippen LogP) is 3.56. The molecule has 2 aromatic carbocycles. The van der Waals surface area contributed by atoms with E-state index in [-0.39, 0.29) is 23.4 Å². The fourth-order valence-electron chi connectivity index (χ4n) is 2.34. The first-order chi connectivity index (χ1) is 12.2.